The monoisotopic (exact) mass is 301 g/mol. The van der Waals surface area contributed by atoms with Crippen molar-refractivity contribution in [1.29, 1.82) is 0 Å². The third-order valence-electron chi connectivity index (χ3n) is 4.29. The smallest absolute Gasteiger partial charge is 0.404 e. The summed E-state index contributed by atoms with van der Waals surface area (Å²) in [6, 6.07) is 3.39. The van der Waals surface area contributed by atoms with Crippen LogP contribution in [0.5, 0.6) is 5.75 Å². The first-order valence-electron chi connectivity index (χ1n) is 7.09. The molecule has 0 spiro atoms. The number of aromatic nitrogens is 1. The van der Waals surface area contributed by atoms with Gasteiger partial charge in [-0.25, -0.2) is 4.98 Å². The molecule has 2 aliphatic rings. The maximum absolute atomic E-state index is 12.1. The van der Waals surface area contributed by atoms with E-state index >= 15 is 0 Å². The van der Waals surface area contributed by atoms with Crippen molar-refractivity contribution < 1.29 is 17.9 Å². The molecule has 7 heteroatoms. The third kappa shape index (κ3) is 3.23. The van der Waals surface area contributed by atoms with E-state index in [2.05, 4.69) is 26.6 Å². The van der Waals surface area contributed by atoms with Gasteiger partial charge in [0.05, 0.1) is 6.20 Å². The van der Waals surface area contributed by atoms with Crippen molar-refractivity contribution in [3.05, 3.63) is 18.3 Å². The molecule has 1 aromatic rings. The van der Waals surface area contributed by atoms with Crippen LogP contribution in [-0.2, 0) is 0 Å². The Balaban J connectivity index is 1.70. The fourth-order valence-electron chi connectivity index (χ4n) is 3.39. The molecular weight excluding hydrogens is 283 g/mol. The summed E-state index contributed by atoms with van der Waals surface area (Å²) in [6.07, 6.45) is -1.35. The summed E-state index contributed by atoms with van der Waals surface area (Å²) in [7, 11) is 2.13. The molecule has 2 fully saturated rings. The fraction of sp³-hybridized carbons (Fsp3) is 0.643. The van der Waals surface area contributed by atoms with Gasteiger partial charge in [0, 0.05) is 19.1 Å². The molecule has 2 unspecified atom stereocenters. The van der Waals surface area contributed by atoms with Gasteiger partial charge in [-0.3, -0.25) is 0 Å². The van der Waals surface area contributed by atoms with E-state index in [1.54, 1.807) is 6.07 Å². The number of piperidine rings is 1. The zero-order valence-corrected chi connectivity index (χ0v) is 11.8. The summed E-state index contributed by atoms with van der Waals surface area (Å²) in [5.41, 5.74) is 0. The second kappa shape index (κ2) is 5.36. The number of hydrogen-bond acceptors (Lipinski definition) is 4. The van der Waals surface area contributed by atoms with Crippen LogP contribution < -0.4 is 9.64 Å². The molecule has 0 aliphatic carbocycles. The van der Waals surface area contributed by atoms with Gasteiger partial charge in [-0.15, -0.1) is 13.2 Å². The van der Waals surface area contributed by atoms with Crippen LogP contribution >= 0.6 is 0 Å². The van der Waals surface area contributed by atoms with Crippen LogP contribution in [0.15, 0.2) is 18.3 Å². The van der Waals surface area contributed by atoms with Crippen molar-refractivity contribution in [2.24, 2.45) is 5.92 Å². The van der Waals surface area contributed by atoms with Gasteiger partial charge in [-0.1, -0.05) is 0 Å². The van der Waals surface area contributed by atoms with Crippen LogP contribution in [0.4, 0.5) is 19.0 Å². The van der Waals surface area contributed by atoms with Crippen molar-refractivity contribution in [3.8, 4) is 5.75 Å². The van der Waals surface area contributed by atoms with E-state index < -0.39 is 6.36 Å². The van der Waals surface area contributed by atoms with Gasteiger partial charge in [0.2, 0.25) is 0 Å². The number of likely N-dealkylation sites (tertiary alicyclic amines) is 1. The SMILES string of the molecule is CN1CCC2C(CCN2c2ccc(OC(F)(F)F)cn2)C1. The lowest BCUT2D eigenvalue weighted by Crippen LogP contribution is -2.44. The van der Waals surface area contributed by atoms with Gasteiger partial charge in [-0.05, 0) is 44.5 Å². The number of rotatable bonds is 2. The first-order chi connectivity index (χ1) is 9.92. The molecule has 0 aromatic carbocycles. The first-order valence-corrected chi connectivity index (χ1v) is 7.09. The second-order valence-electron chi connectivity index (χ2n) is 5.76. The Morgan fingerprint density at radius 2 is 2.05 bits per heavy atom. The van der Waals surface area contributed by atoms with Gasteiger partial charge < -0.3 is 14.5 Å². The van der Waals surface area contributed by atoms with E-state index in [0.717, 1.165) is 44.5 Å². The summed E-state index contributed by atoms with van der Waals surface area (Å²) in [5.74, 6) is 1.09. The lowest BCUT2D eigenvalue weighted by molar-refractivity contribution is -0.274. The Morgan fingerprint density at radius 3 is 2.71 bits per heavy atom. The van der Waals surface area contributed by atoms with Crippen LogP contribution in [0.3, 0.4) is 0 Å². The first kappa shape index (κ1) is 14.4. The van der Waals surface area contributed by atoms with Crippen LogP contribution in [0.2, 0.25) is 0 Å². The standard InChI is InChI=1S/C14H18F3N3O/c1-19-6-5-12-10(9-19)4-7-20(12)13-3-2-11(8-18-13)21-14(15,16)17/h2-3,8,10,12H,4-7,9H2,1H3. The molecule has 0 saturated carbocycles. The van der Waals surface area contributed by atoms with E-state index in [0.29, 0.717) is 12.0 Å². The highest BCUT2D eigenvalue weighted by Crippen LogP contribution is 2.34. The Bertz CT molecular complexity index is 491. The largest absolute Gasteiger partial charge is 0.573 e. The Hall–Kier alpha value is -1.50. The molecule has 21 heavy (non-hydrogen) atoms. The van der Waals surface area contributed by atoms with Gasteiger partial charge in [0.25, 0.3) is 0 Å². The van der Waals surface area contributed by atoms with E-state index in [1.165, 1.54) is 6.07 Å². The predicted octanol–water partition coefficient (Wildman–Crippen LogP) is 2.51. The Morgan fingerprint density at radius 1 is 1.24 bits per heavy atom. The lowest BCUT2D eigenvalue weighted by atomic mass is 9.93. The van der Waals surface area contributed by atoms with Crippen molar-refractivity contribution in [1.82, 2.24) is 9.88 Å². The zero-order chi connectivity index (χ0) is 15.0. The van der Waals surface area contributed by atoms with Crippen molar-refractivity contribution in [3.63, 3.8) is 0 Å². The average Bonchev–Trinajstić information content (AvgIpc) is 2.80. The highest BCUT2D eigenvalue weighted by molar-refractivity contribution is 5.43. The van der Waals surface area contributed by atoms with Crippen molar-refractivity contribution in [2.45, 2.75) is 25.2 Å². The van der Waals surface area contributed by atoms with Gasteiger partial charge in [0.1, 0.15) is 11.6 Å². The molecule has 1 aromatic heterocycles. The van der Waals surface area contributed by atoms with Crippen molar-refractivity contribution >= 4 is 5.82 Å². The molecule has 0 amide bonds. The number of nitrogens with zero attached hydrogens (tertiary/aromatic N) is 3. The van der Waals surface area contributed by atoms with E-state index in [-0.39, 0.29) is 5.75 Å². The van der Waals surface area contributed by atoms with Gasteiger partial charge in [0.15, 0.2) is 0 Å². The summed E-state index contributed by atoms with van der Waals surface area (Å²) >= 11 is 0. The number of halogens is 3. The molecule has 2 aliphatic heterocycles. The second-order valence-corrected chi connectivity index (χ2v) is 5.76. The lowest BCUT2D eigenvalue weighted by Gasteiger charge is -2.36. The summed E-state index contributed by atoms with van der Waals surface area (Å²) in [6.45, 7) is 3.04. The number of fused-ring (bicyclic) bond motifs is 1. The highest BCUT2D eigenvalue weighted by Gasteiger charge is 2.38. The Labute approximate surface area is 121 Å². The minimum absolute atomic E-state index is 0.273. The maximum atomic E-state index is 12.1. The number of pyridine rings is 1. The Kier molecular flexibility index (Phi) is 3.69. The molecule has 2 atom stereocenters. The van der Waals surface area contributed by atoms with E-state index in [9.17, 15) is 13.2 Å². The fourth-order valence-corrected chi connectivity index (χ4v) is 3.39. The molecule has 0 bridgehead atoms. The summed E-state index contributed by atoms with van der Waals surface area (Å²) < 4.78 is 40.3. The van der Waals surface area contributed by atoms with Crippen molar-refractivity contribution in [2.75, 3.05) is 31.6 Å². The molecule has 3 rings (SSSR count). The molecule has 0 radical (unpaired) electrons. The number of alkyl halides is 3. The number of ether oxygens (including phenoxy) is 1. The number of anilines is 1. The zero-order valence-electron chi connectivity index (χ0n) is 11.8. The molecule has 0 N–H and O–H groups in total. The van der Waals surface area contributed by atoms with Crippen LogP contribution in [-0.4, -0.2) is 49.0 Å². The maximum Gasteiger partial charge on any atom is 0.573 e. The van der Waals surface area contributed by atoms with Crippen LogP contribution in [0.25, 0.3) is 0 Å². The van der Waals surface area contributed by atoms with Crippen LogP contribution in [0.1, 0.15) is 12.8 Å². The molecule has 4 nitrogen and oxygen atoms in total. The van der Waals surface area contributed by atoms with Gasteiger partial charge in [-0.2, -0.15) is 0 Å². The quantitative estimate of drug-likeness (QED) is 0.839. The average molecular weight is 301 g/mol. The van der Waals surface area contributed by atoms with Gasteiger partial charge >= 0.3 is 6.36 Å². The number of hydrogen-bond donors (Lipinski definition) is 0. The third-order valence-corrected chi connectivity index (χ3v) is 4.29. The molecule has 116 valence electrons. The summed E-state index contributed by atoms with van der Waals surface area (Å²) in [4.78, 5) is 8.69. The van der Waals surface area contributed by atoms with E-state index in [4.69, 9.17) is 0 Å². The molecule has 2 saturated heterocycles. The normalized spacial score (nSPS) is 26.8. The summed E-state index contributed by atoms with van der Waals surface area (Å²) in [5, 5.41) is 0. The highest BCUT2D eigenvalue weighted by atomic mass is 19.4. The predicted molar refractivity (Wildman–Crippen MR) is 72.3 cm³/mol. The molecule has 3 heterocycles. The van der Waals surface area contributed by atoms with Crippen LogP contribution in [0, 0.1) is 5.92 Å². The minimum Gasteiger partial charge on any atom is -0.404 e. The van der Waals surface area contributed by atoms with E-state index in [1.807, 2.05) is 0 Å². The minimum atomic E-state index is -4.67. The topological polar surface area (TPSA) is 28.6 Å². The molecular formula is C14H18F3N3O.